The zero-order chi connectivity index (χ0) is 14.9. The maximum Gasteiger partial charge on any atom is 0.209 e. The third kappa shape index (κ3) is 5.44. The Balaban J connectivity index is 1.70. The van der Waals surface area contributed by atoms with Crippen molar-refractivity contribution in [1.29, 1.82) is 0 Å². The standard InChI is InChI=1S/C12H21N7OS/c1-18-10-11(9-14-18)3-8-21-12-15-16-17-19(12)6-4-13-5-7-20-2/h9-10,13H,3-8H2,1-2H3. The van der Waals surface area contributed by atoms with Crippen LogP contribution in [0.5, 0.6) is 0 Å². The first-order chi connectivity index (χ1) is 10.3. The van der Waals surface area contributed by atoms with Crippen molar-refractivity contribution in [3.8, 4) is 0 Å². The third-order valence-corrected chi connectivity index (χ3v) is 3.82. The largest absolute Gasteiger partial charge is 0.383 e. The molecule has 1 N–H and O–H groups in total. The van der Waals surface area contributed by atoms with E-state index >= 15 is 0 Å². The number of nitrogens with one attached hydrogen (secondary N) is 1. The number of hydrogen-bond acceptors (Lipinski definition) is 7. The Labute approximate surface area is 128 Å². The van der Waals surface area contributed by atoms with Gasteiger partial charge in [0.1, 0.15) is 0 Å². The molecular formula is C12H21N7OS. The minimum Gasteiger partial charge on any atom is -0.383 e. The van der Waals surface area contributed by atoms with Crippen LogP contribution in [0.3, 0.4) is 0 Å². The lowest BCUT2D eigenvalue weighted by Gasteiger charge is -2.05. The summed E-state index contributed by atoms with van der Waals surface area (Å²) in [5, 5.41) is 20.1. The summed E-state index contributed by atoms with van der Waals surface area (Å²) in [6.45, 7) is 3.13. The molecule has 2 rings (SSSR count). The fraction of sp³-hybridized carbons (Fsp3) is 0.667. The Morgan fingerprint density at radius 1 is 1.38 bits per heavy atom. The molecule has 0 aliphatic heterocycles. The van der Waals surface area contributed by atoms with Crippen molar-refractivity contribution in [2.24, 2.45) is 7.05 Å². The summed E-state index contributed by atoms with van der Waals surface area (Å²) in [7, 11) is 3.62. The van der Waals surface area contributed by atoms with E-state index in [1.807, 2.05) is 28.8 Å². The van der Waals surface area contributed by atoms with E-state index in [1.54, 1.807) is 18.9 Å². The van der Waals surface area contributed by atoms with Gasteiger partial charge in [-0.3, -0.25) is 4.68 Å². The summed E-state index contributed by atoms with van der Waals surface area (Å²) >= 11 is 1.66. The van der Waals surface area contributed by atoms with Crippen LogP contribution in [-0.2, 0) is 24.8 Å². The lowest BCUT2D eigenvalue weighted by molar-refractivity contribution is 0.199. The van der Waals surface area contributed by atoms with E-state index in [4.69, 9.17) is 4.74 Å². The van der Waals surface area contributed by atoms with Gasteiger partial charge in [0, 0.05) is 39.2 Å². The van der Waals surface area contributed by atoms with Gasteiger partial charge in [-0.15, -0.1) is 5.10 Å². The summed E-state index contributed by atoms with van der Waals surface area (Å²) < 4.78 is 8.62. The Hall–Kier alpha value is -1.45. The van der Waals surface area contributed by atoms with Crippen LogP contribution in [0.25, 0.3) is 0 Å². The molecule has 0 aliphatic carbocycles. The Kier molecular flexibility index (Phi) is 6.64. The molecule has 0 aliphatic rings. The molecule has 0 saturated carbocycles. The lowest BCUT2D eigenvalue weighted by atomic mass is 10.3. The quantitative estimate of drug-likeness (QED) is 0.487. The van der Waals surface area contributed by atoms with Crippen LogP contribution in [0.15, 0.2) is 17.6 Å². The number of tetrazole rings is 1. The fourth-order valence-corrected chi connectivity index (χ4v) is 2.68. The van der Waals surface area contributed by atoms with Gasteiger partial charge in [0.15, 0.2) is 0 Å². The predicted octanol–water partition coefficient (Wildman–Crippen LogP) is -0.0226. The van der Waals surface area contributed by atoms with E-state index in [9.17, 15) is 0 Å². The molecule has 0 atom stereocenters. The molecular weight excluding hydrogens is 290 g/mol. The average Bonchev–Trinajstić information content (AvgIpc) is 3.08. The minimum absolute atomic E-state index is 0.711. The first-order valence-corrected chi connectivity index (χ1v) is 7.84. The monoisotopic (exact) mass is 311 g/mol. The highest BCUT2D eigenvalue weighted by atomic mass is 32.2. The summed E-state index contributed by atoms with van der Waals surface area (Å²) in [6, 6.07) is 0. The summed E-state index contributed by atoms with van der Waals surface area (Å²) in [4.78, 5) is 0. The normalized spacial score (nSPS) is 11.1. The number of thioether (sulfide) groups is 1. The minimum atomic E-state index is 0.711. The number of hydrogen-bond donors (Lipinski definition) is 1. The highest BCUT2D eigenvalue weighted by molar-refractivity contribution is 7.99. The maximum atomic E-state index is 4.98. The number of ether oxygens (including phenoxy) is 1. The van der Waals surface area contributed by atoms with Crippen molar-refractivity contribution in [2.75, 3.05) is 32.6 Å². The highest BCUT2D eigenvalue weighted by Crippen LogP contribution is 2.15. The third-order valence-electron chi connectivity index (χ3n) is 2.86. The molecule has 2 aromatic heterocycles. The fourth-order valence-electron chi connectivity index (χ4n) is 1.79. The van der Waals surface area contributed by atoms with Gasteiger partial charge in [-0.2, -0.15) is 5.10 Å². The second kappa shape index (κ2) is 8.75. The van der Waals surface area contributed by atoms with Crippen molar-refractivity contribution in [2.45, 2.75) is 18.1 Å². The number of aryl methyl sites for hydroxylation is 2. The number of nitrogens with zero attached hydrogens (tertiary/aromatic N) is 6. The van der Waals surface area contributed by atoms with E-state index in [1.165, 1.54) is 5.56 Å². The lowest BCUT2D eigenvalue weighted by Crippen LogP contribution is -2.24. The van der Waals surface area contributed by atoms with Gasteiger partial charge in [0.2, 0.25) is 5.16 Å². The Bertz CT molecular complexity index is 527. The molecule has 0 radical (unpaired) electrons. The van der Waals surface area contributed by atoms with Gasteiger partial charge in [0.05, 0.1) is 19.3 Å². The predicted molar refractivity (Wildman–Crippen MR) is 80.2 cm³/mol. The van der Waals surface area contributed by atoms with Crippen molar-refractivity contribution in [1.82, 2.24) is 35.3 Å². The summed E-state index contributed by atoms with van der Waals surface area (Å²) in [5.74, 6) is 0.934. The number of methoxy groups -OCH3 is 1. The molecule has 0 unspecified atom stereocenters. The van der Waals surface area contributed by atoms with Gasteiger partial charge in [-0.05, 0) is 22.4 Å². The van der Waals surface area contributed by atoms with Gasteiger partial charge < -0.3 is 10.1 Å². The molecule has 8 nitrogen and oxygen atoms in total. The molecule has 0 bridgehead atoms. The van der Waals surface area contributed by atoms with Gasteiger partial charge in [0.25, 0.3) is 0 Å². The molecule has 9 heteroatoms. The molecule has 2 heterocycles. The van der Waals surface area contributed by atoms with Crippen LogP contribution in [0.1, 0.15) is 5.56 Å². The Morgan fingerprint density at radius 2 is 2.29 bits per heavy atom. The second-order valence-electron chi connectivity index (χ2n) is 4.55. The van der Waals surface area contributed by atoms with Gasteiger partial charge in [-0.1, -0.05) is 11.8 Å². The smallest absolute Gasteiger partial charge is 0.209 e. The molecule has 116 valence electrons. The van der Waals surface area contributed by atoms with Crippen molar-refractivity contribution >= 4 is 11.8 Å². The summed E-state index contributed by atoms with van der Waals surface area (Å²) in [5.41, 5.74) is 1.23. The zero-order valence-corrected chi connectivity index (χ0v) is 13.2. The van der Waals surface area contributed by atoms with Crippen LogP contribution in [0.4, 0.5) is 0 Å². The molecule has 21 heavy (non-hydrogen) atoms. The van der Waals surface area contributed by atoms with E-state index in [0.717, 1.165) is 37.0 Å². The topological polar surface area (TPSA) is 82.7 Å². The SMILES string of the molecule is COCCNCCn1nnnc1SCCc1cnn(C)c1. The van der Waals surface area contributed by atoms with Crippen LogP contribution in [-0.4, -0.2) is 62.5 Å². The number of rotatable bonds is 10. The first kappa shape index (κ1) is 15.9. The van der Waals surface area contributed by atoms with Crippen molar-refractivity contribution in [3.05, 3.63) is 18.0 Å². The first-order valence-electron chi connectivity index (χ1n) is 6.85. The second-order valence-corrected chi connectivity index (χ2v) is 5.61. The van der Waals surface area contributed by atoms with E-state index < -0.39 is 0 Å². The average molecular weight is 311 g/mol. The Morgan fingerprint density at radius 3 is 3.05 bits per heavy atom. The van der Waals surface area contributed by atoms with Gasteiger partial charge >= 0.3 is 0 Å². The van der Waals surface area contributed by atoms with E-state index in [-0.39, 0.29) is 0 Å². The molecule has 0 saturated heterocycles. The molecule has 0 spiro atoms. The molecule has 0 fully saturated rings. The van der Waals surface area contributed by atoms with Gasteiger partial charge in [-0.25, -0.2) is 4.68 Å². The summed E-state index contributed by atoms with van der Waals surface area (Å²) in [6.07, 6.45) is 4.88. The molecule has 0 amide bonds. The van der Waals surface area contributed by atoms with Crippen LogP contribution < -0.4 is 5.32 Å². The van der Waals surface area contributed by atoms with E-state index in [0.29, 0.717) is 6.61 Å². The van der Waals surface area contributed by atoms with E-state index in [2.05, 4.69) is 25.9 Å². The highest BCUT2D eigenvalue weighted by Gasteiger charge is 2.06. The van der Waals surface area contributed by atoms with Crippen LogP contribution in [0.2, 0.25) is 0 Å². The van der Waals surface area contributed by atoms with Crippen LogP contribution >= 0.6 is 11.8 Å². The number of aromatic nitrogens is 6. The molecule has 2 aromatic rings. The zero-order valence-electron chi connectivity index (χ0n) is 12.4. The van der Waals surface area contributed by atoms with Crippen LogP contribution in [0, 0.1) is 0 Å². The molecule has 0 aromatic carbocycles. The maximum absolute atomic E-state index is 4.98. The van der Waals surface area contributed by atoms with Crippen molar-refractivity contribution in [3.63, 3.8) is 0 Å². The van der Waals surface area contributed by atoms with Crippen molar-refractivity contribution < 1.29 is 4.74 Å².